The molecule has 8 heteroatoms. The minimum atomic E-state index is -4.41. The maximum atomic E-state index is 13.0. The van der Waals surface area contributed by atoms with Gasteiger partial charge in [-0.3, -0.25) is 0 Å². The van der Waals surface area contributed by atoms with Gasteiger partial charge in [-0.25, -0.2) is 13.2 Å². The Morgan fingerprint density at radius 1 is 1.25 bits per heavy atom. The Bertz CT molecular complexity index is 527. The number of nitrogens with zero attached hydrogens (tertiary/aromatic N) is 1. The molecule has 0 atom stereocenters. The van der Waals surface area contributed by atoms with Gasteiger partial charge < -0.3 is 4.18 Å². The molecule has 0 fully saturated rings. The Labute approximate surface area is 89.0 Å². The molecular formula is C8H4F3NO3S. The van der Waals surface area contributed by atoms with Crippen LogP contribution in [0.15, 0.2) is 12.1 Å². The van der Waals surface area contributed by atoms with Gasteiger partial charge in [0.2, 0.25) is 0 Å². The molecule has 0 heterocycles. The number of nitriles is 1. The Kier molecular flexibility index (Phi) is 3.39. The van der Waals surface area contributed by atoms with Crippen LogP contribution in [0.5, 0.6) is 0 Å². The Morgan fingerprint density at radius 2 is 1.75 bits per heavy atom. The van der Waals surface area contributed by atoms with E-state index in [9.17, 15) is 21.6 Å². The van der Waals surface area contributed by atoms with E-state index in [2.05, 4.69) is 4.18 Å². The summed E-state index contributed by atoms with van der Waals surface area (Å²) in [6.07, 6.45) is 0.872. The van der Waals surface area contributed by atoms with Crippen LogP contribution < -0.4 is 0 Å². The van der Waals surface area contributed by atoms with Crippen molar-refractivity contribution >= 4 is 10.1 Å². The second kappa shape index (κ2) is 4.40. The lowest BCUT2D eigenvalue weighted by atomic mass is 10.2. The van der Waals surface area contributed by atoms with Crippen LogP contribution in [0.25, 0.3) is 0 Å². The molecule has 0 aromatic heterocycles. The highest BCUT2D eigenvalue weighted by Crippen LogP contribution is 2.17. The van der Waals surface area contributed by atoms with Gasteiger partial charge in [0.15, 0.2) is 0 Å². The van der Waals surface area contributed by atoms with Gasteiger partial charge in [-0.05, 0) is 0 Å². The van der Waals surface area contributed by atoms with Crippen LogP contribution in [0.3, 0.4) is 0 Å². The molecule has 0 saturated heterocycles. The van der Waals surface area contributed by atoms with Crippen molar-refractivity contribution in [3.05, 3.63) is 35.1 Å². The first kappa shape index (κ1) is 12.3. The van der Waals surface area contributed by atoms with Crippen LogP contribution in [0.1, 0.15) is 5.56 Å². The van der Waals surface area contributed by atoms with Gasteiger partial charge in [-0.2, -0.15) is 8.42 Å². The lowest BCUT2D eigenvalue weighted by Crippen LogP contribution is -2.09. The van der Waals surface area contributed by atoms with Crippen LogP contribution in [0.4, 0.5) is 13.2 Å². The van der Waals surface area contributed by atoms with Crippen LogP contribution in [0, 0.1) is 29.0 Å². The Balaban J connectivity index is 3.13. The molecule has 0 amide bonds. The first-order valence-corrected chi connectivity index (χ1v) is 5.37. The molecule has 0 bridgehead atoms. The average molecular weight is 251 g/mol. The van der Waals surface area contributed by atoms with Crippen LogP contribution >= 0.6 is 0 Å². The number of rotatable bonds is 3. The molecule has 0 N–H and O–H groups in total. The van der Waals surface area contributed by atoms with E-state index in [-0.39, 0.29) is 0 Å². The average Bonchev–Trinajstić information content (AvgIpc) is 2.11. The minimum Gasteiger partial charge on any atom is -0.302 e. The standard InChI is InChI=1S/C8H4F3NO3S/c9-5-1-7(10)6(8(11)2-5)3-16(13,14)15-4-12/h1-2H,3H2. The van der Waals surface area contributed by atoms with E-state index in [4.69, 9.17) is 5.26 Å². The quantitative estimate of drug-likeness (QED) is 0.602. The number of hydrogen-bond acceptors (Lipinski definition) is 4. The van der Waals surface area contributed by atoms with Gasteiger partial charge >= 0.3 is 16.4 Å². The van der Waals surface area contributed by atoms with Crippen LogP contribution in [-0.2, 0) is 20.1 Å². The molecule has 0 unspecified atom stereocenters. The third-order valence-corrected chi connectivity index (χ3v) is 2.56. The molecule has 1 rings (SSSR count). The number of hydrogen-bond donors (Lipinski definition) is 0. The molecule has 0 aliphatic heterocycles. The van der Waals surface area contributed by atoms with E-state index in [1.165, 1.54) is 0 Å². The first-order chi connectivity index (χ1) is 7.35. The van der Waals surface area contributed by atoms with E-state index in [1.54, 1.807) is 0 Å². The summed E-state index contributed by atoms with van der Waals surface area (Å²) < 4.78 is 63.9. The summed E-state index contributed by atoms with van der Waals surface area (Å²) in [4.78, 5) is 0. The molecule has 0 aliphatic rings. The summed E-state index contributed by atoms with van der Waals surface area (Å²) in [5.41, 5.74) is -0.878. The SMILES string of the molecule is N#COS(=O)(=O)Cc1c(F)cc(F)cc1F. The maximum absolute atomic E-state index is 13.0. The summed E-state index contributed by atoms with van der Waals surface area (Å²) in [6, 6.07) is 0.667. The highest BCUT2D eigenvalue weighted by molar-refractivity contribution is 7.86. The van der Waals surface area contributed by atoms with Crippen molar-refractivity contribution < 1.29 is 25.8 Å². The Hall–Kier alpha value is -1.75. The van der Waals surface area contributed by atoms with Gasteiger partial charge in [0.25, 0.3) is 0 Å². The molecule has 0 saturated carbocycles. The van der Waals surface area contributed by atoms with E-state index < -0.39 is 38.9 Å². The van der Waals surface area contributed by atoms with Crippen LogP contribution in [-0.4, -0.2) is 8.42 Å². The molecular weight excluding hydrogens is 247 g/mol. The third kappa shape index (κ3) is 2.87. The molecule has 86 valence electrons. The predicted molar refractivity (Wildman–Crippen MR) is 45.6 cm³/mol. The predicted octanol–water partition coefficient (Wildman–Crippen LogP) is 1.43. The van der Waals surface area contributed by atoms with Crippen molar-refractivity contribution in [2.75, 3.05) is 0 Å². The summed E-state index contributed by atoms with van der Waals surface area (Å²) >= 11 is 0. The molecule has 4 nitrogen and oxygen atoms in total. The van der Waals surface area contributed by atoms with Gasteiger partial charge in [-0.15, -0.1) is 5.26 Å². The van der Waals surface area contributed by atoms with Crippen molar-refractivity contribution in [2.24, 2.45) is 0 Å². The lowest BCUT2D eigenvalue weighted by molar-refractivity contribution is 0.453. The lowest BCUT2D eigenvalue weighted by Gasteiger charge is -2.04. The van der Waals surface area contributed by atoms with Gasteiger partial charge in [0, 0.05) is 17.7 Å². The molecule has 16 heavy (non-hydrogen) atoms. The molecule has 0 aliphatic carbocycles. The van der Waals surface area contributed by atoms with Crippen molar-refractivity contribution in [1.29, 1.82) is 5.26 Å². The van der Waals surface area contributed by atoms with Gasteiger partial charge in [-0.1, -0.05) is 0 Å². The zero-order valence-electron chi connectivity index (χ0n) is 7.58. The largest absolute Gasteiger partial charge is 0.323 e. The number of halogens is 3. The van der Waals surface area contributed by atoms with Gasteiger partial charge in [0.1, 0.15) is 23.2 Å². The zero-order valence-corrected chi connectivity index (χ0v) is 8.39. The van der Waals surface area contributed by atoms with E-state index in [1.807, 2.05) is 0 Å². The fraction of sp³-hybridized carbons (Fsp3) is 0.125. The van der Waals surface area contributed by atoms with Gasteiger partial charge in [0.05, 0.1) is 0 Å². The van der Waals surface area contributed by atoms with Crippen LogP contribution in [0.2, 0.25) is 0 Å². The monoisotopic (exact) mass is 251 g/mol. The second-order valence-electron chi connectivity index (χ2n) is 2.72. The zero-order chi connectivity index (χ0) is 12.3. The molecule has 1 aromatic rings. The minimum absolute atomic E-state index is 0.334. The van der Waals surface area contributed by atoms with Crippen molar-refractivity contribution in [1.82, 2.24) is 0 Å². The highest BCUT2D eigenvalue weighted by Gasteiger charge is 2.20. The van der Waals surface area contributed by atoms with Crippen molar-refractivity contribution in [3.8, 4) is 6.26 Å². The van der Waals surface area contributed by atoms with E-state index >= 15 is 0 Å². The topological polar surface area (TPSA) is 67.2 Å². The first-order valence-electron chi connectivity index (χ1n) is 3.79. The molecule has 0 radical (unpaired) electrons. The van der Waals surface area contributed by atoms with E-state index in [0.717, 1.165) is 6.26 Å². The normalized spacial score (nSPS) is 10.9. The maximum Gasteiger partial charge on any atom is 0.323 e. The third-order valence-electron chi connectivity index (χ3n) is 1.59. The van der Waals surface area contributed by atoms with E-state index in [0.29, 0.717) is 12.1 Å². The van der Waals surface area contributed by atoms with Crippen molar-refractivity contribution in [2.45, 2.75) is 5.75 Å². The fourth-order valence-electron chi connectivity index (χ4n) is 0.973. The summed E-state index contributed by atoms with van der Waals surface area (Å²) in [5.74, 6) is -5.07. The smallest absolute Gasteiger partial charge is 0.302 e. The number of benzene rings is 1. The highest BCUT2D eigenvalue weighted by atomic mass is 32.2. The molecule has 0 spiro atoms. The fourth-order valence-corrected chi connectivity index (χ4v) is 1.77. The second-order valence-corrected chi connectivity index (χ2v) is 4.30. The summed E-state index contributed by atoms with van der Waals surface area (Å²) in [6.45, 7) is 0. The van der Waals surface area contributed by atoms with Crippen molar-refractivity contribution in [3.63, 3.8) is 0 Å². The summed E-state index contributed by atoms with van der Waals surface area (Å²) in [7, 11) is -4.41. The molecule has 1 aromatic carbocycles. The summed E-state index contributed by atoms with van der Waals surface area (Å²) in [5, 5.41) is 7.96. The Morgan fingerprint density at radius 3 is 2.19 bits per heavy atom.